The molecule has 0 aromatic heterocycles. The molecule has 2 aromatic rings. The Hall–Kier alpha value is -1.56. The van der Waals surface area contributed by atoms with E-state index < -0.39 is 0 Å². The average Bonchev–Trinajstić information content (AvgIpc) is 2.36. The maximum absolute atomic E-state index is 2.34. The zero-order valence-electron chi connectivity index (χ0n) is 11.1. The summed E-state index contributed by atoms with van der Waals surface area (Å²) in [6, 6.07) is 11.0. The van der Waals surface area contributed by atoms with Gasteiger partial charge in [-0.15, -0.1) is 0 Å². The van der Waals surface area contributed by atoms with E-state index in [0.717, 1.165) is 0 Å². The van der Waals surface area contributed by atoms with Crippen molar-refractivity contribution in [1.82, 2.24) is 0 Å². The van der Waals surface area contributed by atoms with Gasteiger partial charge < -0.3 is 0 Å². The molecule has 0 spiro atoms. The molecule has 0 atom stereocenters. The van der Waals surface area contributed by atoms with E-state index in [1.165, 1.54) is 26.8 Å². The maximum atomic E-state index is 2.34. The van der Waals surface area contributed by atoms with Crippen molar-refractivity contribution in [2.75, 3.05) is 0 Å². The van der Waals surface area contributed by atoms with E-state index in [1.54, 1.807) is 0 Å². The van der Waals surface area contributed by atoms with Crippen molar-refractivity contribution in [3.63, 3.8) is 0 Å². The molecular weight excluding hydrogens is 204 g/mol. The van der Waals surface area contributed by atoms with Crippen molar-refractivity contribution in [2.24, 2.45) is 0 Å². The van der Waals surface area contributed by atoms with Crippen LogP contribution in [0.5, 0.6) is 0 Å². The SMILES string of the molecule is C/C=c1/cc(C(C)C)c2ccccc2/c1=C/C. The highest BCUT2D eigenvalue weighted by Crippen LogP contribution is 2.21. The molecule has 0 radical (unpaired) electrons. The standard InChI is InChI=1S/C17H20/c1-5-13-11-17(12(3)4)16-10-8-7-9-15(16)14(13)6-2/h5-12H,1-4H3/b13-5-,14-6+. The van der Waals surface area contributed by atoms with Crippen LogP contribution in [0.4, 0.5) is 0 Å². The van der Waals surface area contributed by atoms with Crippen LogP contribution in [0.2, 0.25) is 0 Å². The highest BCUT2D eigenvalue weighted by molar-refractivity contribution is 5.87. The number of fused-ring (bicyclic) bond motifs is 1. The molecule has 88 valence electrons. The van der Waals surface area contributed by atoms with Gasteiger partial charge in [0.15, 0.2) is 0 Å². The van der Waals surface area contributed by atoms with Crippen molar-refractivity contribution in [1.29, 1.82) is 0 Å². The van der Waals surface area contributed by atoms with Crippen molar-refractivity contribution in [3.8, 4) is 0 Å². The number of hydrogen-bond acceptors (Lipinski definition) is 0. The predicted octanol–water partition coefficient (Wildman–Crippen LogP) is 3.56. The van der Waals surface area contributed by atoms with Gasteiger partial charge in [0.25, 0.3) is 0 Å². The zero-order valence-corrected chi connectivity index (χ0v) is 11.1. The van der Waals surface area contributed by atoms with Gasteiger partial charge in [-0.05, 0) is 46.5 Å². The molecular formula is C17H20. The first kappa shape index (κ1) is 11.9. The molecule has 0 saturated carbocycles. The minimum atomic E-state index is 0.560. The first-order chi connectivity index (χ1) is 8.19. The Morgan fingerprint density at radius 1 is 0.941 bits per heavy atom. The van der Waals surface area contributed by atoms with Crippen molar-refractivity contribution in [2.45, 2.75) is 33.6 Å². The summed E-state index contributed by atoms with van der Waals surface area (Å²) >= 11 is 0. The zero-order chi connectivity index (χ0) is 12.4. The van der Waals surface area contributed by atoms with Gasteiger partial charge >= 0.3 is 0 Å². The second kappa shape index (κ2) is 4.75. The fourth-order valence-electron chi connectivity index (χ4n) is 2.49. The highest BCUT2D eigenvalue weighted by atomic mass is 14.1. The Bertz CT molecular complexity index is 646. The molecule has 2 aromatic carbocycles. The van der Waals surface area contributed by atoms with Gasteiger partial charge in [-0.25, -0.2) is 0 Å². The lowest BCUT2D eigenvalue weighted by molar-refractivity contribution is 0.874. The maximum Gasteiger partial charge on any atom is -0.0106 e. The molecule has 0 bridgehead atoms. The summed E-state index contributed by atoms with van der Waals surface area (Å²) in [5.41, 5.74) is 1.44. The minimum absolute atomic E-state index is 0.560. The first-order valence-corrected chi connectivity index (χ1v) is 6.33. The van der Waals surface area contributed by atoms with Crippen molar-refractivity contribution in [3.05, 3.63) is 46.3 Å². The third-order valence-corrected chi connectivity index (χ3v) is 3.37. The lowest BCUT2D eigenvalue weighted by Crippen LogP contribution is -2.26. The average molecular weight is 224 g/mol. The molecule has 0 aliphatic rings. The van der Waals surface area contributed by atoms with E-state index in [9.17, 15) is 0 Å². The summed E-state index contributed by atoms with van der Waals surface area (Å²) in [5, 5.41) is 5.46. The van der Waals surface area contributed by atoms with Gasteiger partial charge in [-0.2, -0.15) is 0 Å². The summed E-state index contributed by atoms with van der Waals surface area (Å²) < 4.78 is 0. The summed E-state index contributed by atoms with van der Waals surface area (Å²) in [7, 11) is 0. The van der Waals surface area contributed by atoms with Crippen LogP contribution < -0.4 is 10.4 Å². The Morgan fingerprint density at radius 2 is 1.59 bits per heavy atom. The number of hydrogen-bond donors (Lipinski definition) is 0. The van der Waals surface area contributed by atoms with Crippen LogP contribution in [0, 0.1) is 0 Å². The van der Waals surface area contributed by atoms with E-state index in [4.69, 9.17) is 0 Å². The summed E-state index contributed by atoms with van der Waals surface area (Å²) in [6.45, 7) is 8.75. The van der Waals surface area contributed by atoms with Gasteiger partial charge in [0.2, 0.25) is 0 Å². The third kappa shape index (κ3) is 2.00. The monoisotopic (exact) mass is 224 g/mol. The molecule has 0 fully saturated rings. The largest absolute Gasteiger partial charge is 0.0798 e. The number of benzene rings is 2. The smallest absolute Gasteiger partial charge is 0.0106 e. The molecule has 17 heavy (non-hydrogen) atoms. The fourth-order valence-corrected chi connectivity index (χ4v) is 2.49. The normalized spacial score (nSPS) is 13.9. The molecule has 0 saturated heterocycles. The lowest BCUT2D eigenvalue weighted by Gasteiger charge is -2.11. The second-order valence-electron chi connectivity index (χ2n) is 4.75. The topological polar surface area (TPSA) is 0 Å². The van der Waals surface area contributed by atoms with Crippen LogP contribution in [0.15, 0.2) is 30.3 Å². The van der Waals surface area contributed by atoms with Crippen LogP contribution in [0.1, 0.15) is 39.2 Å². The van der Waals surface area contributed by atoms with Crippen molar-refractivity contribution >= 4 is 22.9 Å². The van der Waals surface area contributed by atoms with Gasteiger partial charge in [0.1, 0.15) is 0 Å². The van der Waals surface area contributed by atoms with E-state index in [0.29, 0.717) is 5.92 Å². The second-order valence-corrected chi connectivity index (χ2v) is 4.75. The van der Waals surface area contributed by atoms with Gasteiger partial charge in [-0.3, -0.25) is 0 Å². The Morgan fingerprint density at radius 3 is 2.12 bits per heavy atom. The van der Waals surface area contributed by atoms with Gasteiger partial charge in [-0.1, -0.05) is 56.3 Å². The van der Waals surface area contributed by atoms with Gasteiger partial charge in [0, 0.05) is 0 Å². The molecule has 0 unspecified atom stereocenters. The van der Waals surface area contributed by atoms with Crippen LogP contribution in [-0.2, 0) is 0 Å². The Balaban J connectivity index is 3.07. The Kier molecular flexibility index (Phi) is 3.33. The first-order valence-electron chi connectivity index (χ1n) is 6.33. The fraction of sp³-hybridized carbons (Fsp3) is 0.294. The molecule has 0 heteroatoms. The molecule has 0 heterocycles. The van der Waals surface area contributed by atoms with E-state index in [-0.39, 0.29) is 0 Å². The third-order valence-electron chi connectivity index (χ3n) is 3.37. The van der Waals surface area contributed by atoms with Crippen LogP contribution >= 0.6 is 0 Å². The van der Waals surface area contributed by atoms with Crippen LogP contribution in [-0.4, -0.2) is 0 Å². The van der Waals surface area contributed by atoms with Crippen LogP contribution in [0.3, 0.4) is 0 Å². The molecule has 0 aliphatic heterocycles. The molecule has 0 N–H and O–H groups in total. The summed E-state index contributed by atoms with van der Waals surface area (Å²) in [4.78, 5) is 0. The molecule has 0 nitrogen and oxygen atoms in total. The van der Waals surface area contributed by atoms with Gasteiger partial charge in [0.05, 0.1) is 0 Å². The quantitative estimate of drug-likeness (QED) is 0.694. The van der Waals surface area contributed by atoms with E-state index in [1.807, 2.05) is 0 Å². The number of rotatable bonds is 1. The van der Waals surface area contributed by atoms with Crippen molar-refractivity contribution < 1.29 is 0 Å². The minimum Gasteiger partial charge on any atom is -0.0798 e. The Labute approximate surface area is 103 Å². The predicted molar refractivity (Wildman–Crippen MR) is 77.6 cm³/mol. The summed E-state index contributed by atoms with van der Waals surface area (Å²) in [5.74, 6) is 0.560. The highest BCUT2D eigenvalue weighted by Gasteiger charge is 2.06. The summed E-state index contributed by atoms with van der Waals surface area (Å²) in [6.07, 6.45) is 4.41. The lowest BCUT2D eigenvalue weighted by atomic mass is 9.93. The van der Waals surface area contributed by atoms with E-state index >= 15 is 0 Å². The van der Waals surface area contributed by atoms with E-state index in [2.05, 4.69) is 70.2 Å². The van der Waals surface area contributed by atoms with Crippen LogP contribution in [0.25, 0.3) is 22.9 Å². The molecule has 0 amide bonds. The molecule has 0 aliphatic carbocycles. The molecule has 2 rings (SSSR count).